The van der Waals surface area contributed by atoms with Crippen molar-refractivity contribution in [3.05, 3.63) is 167 Å². The van der Waals surface area contributed by atoms with Gasteiger partial charge in [-0.1, -0.05) is 109 Å². The lowest BCUT2D eigenvalue weighted by atomic mass is 9.77. The number of hydrogen-bond acceptors (Lipinski definition) is 2. The van der Waals surface area contributed by atoms with Gasteiger partial charge in [-0.05, 0) is 46.5 Å². The van der Waals surface area contributed by atoms with Crippen molar-refractivity contribution in [1.29, 1.82) is 0 Å². The van der Waals surface area contributed by atoms with Gasteiger partial charge < -0.3 is 0 Å². The van der Waals surface area contributed by atoms with E-state index in [4.69, 9.17) is 5.10 Å². The van der Waals surface area contributed by atoms with E-state index >= 15 is 0 Å². The average molecular weight is 481 g/mol. The molecule has 6 aromatic rings. The minimum atomic E-state index is -0.757. The molecule has 177 valence electrons. The molecule has 0 N–H and O–H groups in total. The van der Waals surface area contributed by atoms with Crippen LogP contribution in [-0.2, 0) is 5.54 Å². The van der Waals surface area contributed by atoms with Crippen LogP contribution in [0.2, 0.25) is 0 Å². The van der Waals surface area contributed by atoms with E-state index in [1.807, 2.05) is 42.6 Å². The van der Waals surface area contributed by atoms with Crippen molar-refractivity contribution < 1.29 is 4.39 Å². The molecule has 4 heteroatoms. The summed E-state index contributed by atoms with van der Waals surface area (Å²) in [6.07, 6.45) is 8.71. The van der Waals surface area contributed by atoms with Gasteiger partial charge in [0, 0.05) is 5.39 Å². The SMILES string of the molecule is Fc1ccc(C=Cc2nn(C(c3ccccc3)(c3ccccc3)c3ccccc3)c3cn[c]cc23)cc1. The van der Waals surface area contributed by atoms with E-state index in [9.17, 15) is 4.39 Å². The van der Waals surface area contributed by atoms with Gasteiger partial charge >= 0.3 is 0 Å². The Morgan fingerprint density at radius 1 is 0.676 bits per heavy atom. The van der Waals surface area contributed by atoms with Crippen molar-refractivity contribution in [1.82, 2.24) is 14.8 Å². The van der Waals surface area contributed by atoms with E-state index < -0.39 is 5.54 Å². The van der Waals surface area contributed by atoms with Gasteiger partial charge in [-0.2, -0.15) is 5.10 Å². The van der Waals surface area contributed by atoms with Crippen molar-refractivity contribution in [2.75, 3.05) is 0 Å². The summed E-state index contributed by atoms with van der Waals surface area (Å²) in [5, 5.41) is 6.15. The standard InChI is InChI=1S/C33H23FN3/c34-29-19-16-25(17-20-29)18-21-31-30-22-23-35-24-32(30)37(36-31)33(26-10-4-1-5-11-26,27-12-6-2-7-13-27)28-14-8-3-9-15-28/h1-22,24H. The van der Waals surface area contributed by atoms with Crippen molar-refractivity contribution in [3.63, 3.8) is 0 Å². The van der Waals surface area contributed by atoms with E-state index in [0.717, 1.165) is 38.9 Å². The Morgan fingerprint density at radius 2 is 1.22 bits per heavy atom. The number of halogens is 1. The third kappa shape index (κ3) is 4.03. The van der Waals surface area contributed by atoms with Crippen molar-refractivity contribution in [2.24, 2.45) is 0 Å². The van der Waals surface area contributed by atoms with E-state index in [1.165, 1.54) is 12.1 Å². The Kier molecular flexibility index (Phi) is 5.91. The number of benzene rings is 4. The topological polar surface area (TPSA) is 30.7 Å². The summed E-state index contributed by atoms with van der Waals surface area (Å²) in [6.45, 7) is 0. The first-order chi connectivity index (χ1) is 18.3. The van der Waals surface area contributed by atoms with E-state index in [-0.39, 0.29) is 5.82 Å². The zero-order chi connectivity index (χ0) is 25.1. The van der Waals surface area contributed by atoms with Gasteiger partial charge in [0.05, 0.1) is 23.6 Å². The van der Waals surface area contributed by atoms with Crippen LogP contribution in [0.15, 0.2) is 128 Å². The van der Waals surface area contributed by atoms with E-state index in [2.05, 4.69) is 88.7 Å². The van der Waals surface area contributed by atoms with Crippen LogP contribution in [0.5, 0.6) is 0 Å². The zero-order valence-electron chi connectivity index (χ0n) is 20.0. The summed E-state index contributed by atoms with van der Waals surface area (Å²) in [5.74, 6) is -0.258. The fraction of sp³-hybridized carbons (Fsp3) is 0.0303. The highest BCUT2D eigenvalue weighted by molar-refractivity contribution is 5.90. The molecule has 0 amide bonds. The quantitative estimate of drug-likeness (QED) is 0.233. The minimum Gasteiger partial charge on any atom is -0.252 e. The molecule has 4 aromatic carbocycles. The van der Waals surface area contributed by atoms with Crippen LogP contribution in [0.25, 0.3) is 23.1 Å². The first-order valence-corrected chi connectivity index (χ1v) is 12.1. The number of aromatic nitrogens is 3. The second-order valence-corrected chi connectivity index (χ2v) is 8.82. The van der Waals surface area contributed by atoms with Crippen LogP contribution in [0.1, 0.15) is 27.9 Å². The molecule has 0 spiro atoms. The smallest absolute Gasteiger partial charge is 0.138 e. The maximum atomic E-state index is 13.4. The Bertz CT molecular complexity index is 1560. The molecule has 0 fully saturated rings. The second kappa shape index (κ2) is 9.67. The van der Waals surface area contributed by atoms with Gasteiger partial charge in [-0.25, -0.2) is 9.07 Å². The van der Waals surface area contributed by atoms with Crippen LogP contribution < -0.4 is 0 Å². The molecular formula is C33H23FN3. The second-order valence-electron chi connectivity index (χ2n) is 8.82. The molecule has 0 aliphatic carbocycles. The molecule has 0 atom stereocenters. The minimum absolute atomic E-state index is 0.258. The van der Waals surface area contributed by atoms with Gasteiger partial charge in [0.2, 0.25) is 0 Å². The Morgan fingerprint density at radius 3 is 1.76 bits per heavy atom. The molecule has 0 aliphatic heterocycles. The number of hydrogen-bond donors (Lipinski definition) is 0. The molecular weight excluding hydrogens is 457 g/mol. The molecule has 3 nitrogen and oxygen atoms in total. The number of fused-ring (bicyclic) bond motifs is 1. The van der Waals surface area contributed by atoms with Gasteiger partial charge in [0.25, 0.3) is 0 Å². The lowest BCUT2D eigenvalue weighted by Gasteiger charge is -2.36. The van der Waals surface area contributed by atoms with Crippen molar-refractivity contribution >= 4 is 23.1 Å². The number of rotatable bonds is 6. The van der Waals surface area contributed by atoms with Crippen molar-refractivity contribution in [3.8, 4) is 0 Å². The Hall–Kier alpha value is -4.83. The van der Waals surface area contributed by atoms with Crippen LogP contribution in [-0.4, -0.2) is 14.8 Å². The molecule has 2 aromatic heterocycles. The van der Waals surface area contributed by atoms with Crippen LogP contribution in [0, 0.1) is 12.0 Å². The third-order valence-corrected chi connectivity index (χ3v) is 6.65. The fourth-order valence-electron chi connectivity index (χ4n) is 4.97. The first kappa shape index (κ1) is 22.6. The highest BCUT2D eigenvalue weighted by Gasteiger charge is 2.40. The van der Waals surface area contributed by atoms with Crippen molar-refractivity contribution in [2.45, 2.75) is 5.54 Å². The molecule has 2 heterocycles. The van der Waals surface area contributed by atoms with E-state index in [1.54, 1.807) is 12.1 Å². The lowest BCUT2D eigenvalue weighted by Crippen LogP contribution is -2.38. The normalized spacial score (nSPS) is 11.8. The maximum Gasteiger partial charge on any atom is 0.138 e. The monoisotopic (exact) mass is 480 g/mol. The largest absolute Gasteiger partial charge is 0.252 e. The molecule has 0 bridgehead atoms. The van der Waals surface area contributed by atoms with Crippen LogP contribution in [0.3, 0.4) is 0 Å². The van der Waals surface area contributed by atoms with Gasteiger partial charge in [-0.3, -0.25) is 4.98 Å². The zero-order valence-corrected chi connectivity index (χ0v) is 20.0. The van der Waals surface area contributed by atoms with Crippen LogP contribution in [0.4, 0.5) is 4.39 Å². The summed E-state index contributed by atoms with van der Waals surface area (Å²) in [5.41, 5.74) is 5.05. The molecule has 0 saturated heterocycles. The Labute approximate surface area is 215 Å². The predicted molar refractivity (Wildman–Crippen MR) is 146 cm³/mol. The fourth-order valence-corrected chi connectivity index (χ4v) is 4.97. The van der Waals surface area contributed by atoms with Gasteiger partial charge in [0.1, 0.15) is 11.4 Å². The van der Waals surface area contributed by atoms with Crippen LogP contribution >= 0.6 is 0 Å². The lowest BCUT2D eigenvalue weighted by molar-refractivity contribution is 0.475. The summed E-state index contributed by atoms with van der Waals surface area (Å²) in [4.78, 5) is 4.36. The van der Waals surface area contributed by atoms with Gasteiger partial charge in [-0.15, -0.1) is 0 Å². The maximum absolute atomic E-state index is 13.4. The molecule has 0 unspecified atom stereocenters. The summed E-state index contributed by atoms with van der Waals surface area (Å²) in [7, 11) is 0. The summed E-state index contributed by atoms with van der Waals surface area (Å²) < 4.78 is 15.5. The average Bonchev–Trinajstić information content (AvgIpc) is 3.34. The third-order valence-electron chi connectivity index (χ3n) is 6.65. The molecule has 0 aliphatic rings. The molecule has 0 saturated carbocycles. The number of pyridine rings is 1. The molecule has 1 radical (unpaired) electrons. The highest BCUT2D eigenvalue weighted by atomic mass is 19.1. The van der Waals surface area contributed by atoms with E-state index in [0.29, 0.717) is 0 Å². The summed E-state index contributed by atoms with van der Waals surface area (Å²) >= 11 is 0. The summed E-state index contributed by atoms with van der Waals surface area (Å²) in [6, 6.07) is 39.6. The number of nitrogens with zero attached hydrogens (tertiary/aromatic N) is 3. The first-order valence-electron chi connectivity index (χ1n) is 12.1. The van der Waals surface area contributed by atoms with Gasteiger partial charge in [0.15, 0.2) is 0 Å². The predicted octanol–water partition coefficient (Wildman–Crippen LogP) is 7.38. The molecule has 37 heavy (non-hydrogen) atoms. The Balaban J connectivity index is 1.67. The highest BCUT2D eigenvalue weighted by Crippen LogP contribution is 2.42. The molecule has 6 rings (SSSR count).